The lowest BCUT2D eigenvalue weighted by atomic mass is 9.93. The predicted molar refractivity (Wildman–Crippen MR) is 62.5 cm³/mol. The molecule has 0 saturated carbocycles. The zero-order chi connectivity index (χ0) is 10.5. The normalized spacial score (nSPS) is 48.8. The fraction of sp³-hybridized carbons (Fsp3) is 1.00. The molecule has 0 spiro atoms. The van der Waals surface area contributed by atoms with Gasteiger partial charge in [-0.3, -0.25) is 9.80 Å². The van der Waals surface area contributed by atoms with Crippen molar-refractivity contribution in [1.29, 1.82) is 0 Å². The predicted octanol–water partition coefficient (Wildman–Crippen LogP) is 1.09. The van der Waals surface area contributed by atoms with Gasteiger partial charge in [-0.15, -0.1) is 0 Å². The van der Waals surface area contributed by atoms with Crippen LogP contribution in [0.1, 0.15) is 32.1 Å². The Morgan fingerprint density at radius 2 is 1.88 bits per heavy atom. The van der Waals surface area contributed by atoms with E-state index < -0.39 is 0 Å². The van der Waals surface area contributed by atoms with E-state index in [4.69, 9.17) is 4.74 Å². The second kappa shape index (κ2) is 3.69. The minimum absolute atomic E-state index is 0.581. The molecular weight excluding hydrogens is 200 g/mol. The van der Waals surface area contributed by atoms with Gasteiger partial charge in [-0.05, 0) is 38.6 Å². The Morgan fingerprint density at radius 3 is 2.69 bits per heavy atom. The summed E-state index contributed by atoms with van der Waals surface area (Å²) in [6, 6.07) is 1.63. The molecule has 4 fully saturated rings. The Hall–Kier alpha value is -0.120. The van der Waals surface area contributed by atoms with E-state index in [1.165, 1.54) is 58.3 Å². The number of ether oxygens (including phenoxy) is 1. The minimum Gasteiger partial charge on any atom is -0.373 e. The molecule has 0 aromatic rings. The standard InChI is InChI=1S/C13H22N2O/c1-2-10-9-15(7-6-14(10)5-1)12-8-11-3-4-13(12)16-11/h10-13H,1-9H2. The van der Waals surface area contributed by atoms with Gasteiger partial charge in [0.25, 0.3) is 0 Å². The Bertz CT molecular complexity index is 283. The zero-order valence-corrected chi connectivity index (χ0v) is 9.98. The molecule has 16 heavy (non-hydrogen) atoms. The van der Waals surface area contributed by atoms with E-state index in [9.17, 15) is 0 Å². The SMILES string of the molecule is C1CC2CN(C3CC4CCC3O4)CCN2C1. The average Bonchev–Trinajstić information content (AvgIpc) is 3.03. The summed E-state index contributed by atoms with van der Waals surface area (Å²) < 4.78 is 5.99. The van der Waals surface area contributed by atoms with Gasteiger partial charge in [0.15, 0.2) is 0 Å². The maximum absolute atomic E-state index is 5.99. The van der Waals surface area contributed by atoms with Crippen LogP contribution in [-0.2, 0) is 4.74 Å². The maximum atomic E-state index is 5.99. The van der Waals surface area contributed by atoms with Gasteiger partial charge in [0, 0.05) is 31.7 Å². The van der Waals surface area contributed by atoms with E-state index in [0.717, 1.165) is 12.1 Å². The molecule has 0 aromatic heterocycles. The molecule has 0 amide bonds. The molecule has 4 aliphatic rings. The van der Waals surface area contributed by atoms with E-state index in [1.54, 1.807) is 0 Å². The first-order valence-corrected chi connectivity index (χ1v) is 7.04. The van der Waals surface area contributed by atoms with E-state index >= 15 is 0 Å². The number of piperazine rings is 1. The van der Waals surface area contributed by atoms with E-state index in [0.29, 0.717) is 12.2 Å². The Morgan fingerprint density at radius 1 is 0.938 bits per heavy atom. The highest BCUT2D eigenvalue weighted by atomic mass is 16.5. The third-order valence-electron chi connectivity index (χ3n) is 5.16. The smallest absolute Gasteiger partial charge is 0.0735 e. The van der Waals surface area contributed by atoms with Crippen LogP contribution in [0.3, 0.4) is 0 Å². The Balaban J connectivity index is 1.45. The van der Waals surface area contributed by atoms with Crippen molar-refractivity contribution in [3.63, 3.8) is 0 Å². The molecule has 3 nitrogen and oxygen atoms in total. The van der Waals surface area contributed by atoms with Gasteiger partial charge in [-0.25, -0.2) is 0 Å². The van der Waals surface area contributed by atoms with Crippen molar-refractivity contribution < 1.29 is 4.74 Å². The summed E-state index contributed by atoms with van der Waals surface area (Å²) in [6.07, 6.45) is 8.00. The third-order valence-corrected chi connectivity index (χ3v) is 5.16. The van der Waals surface area contributed by atoms with Gasteiger partial charge in [-0.1, -0.05) is 0 Å². The fourth-order valence-corrected chi connectivity index (χ4v) is 4.31. The molecule has 0 aliphatic carbocycles. The first-order chi connectivity index (χ1) is 7.90. The summed E-state index contributed by atoms with van der Waals surface area (Å²) in [4.78, 5) is 5.45. The van der Waals surface area contributed by atoms with Crippen molar-refractivity contribution in [2.24, 2.45) is 0 Å². The molecule has 0 aromatic carbocycles. The molecule has 90 valence electrons. The number of fused-ring (bicyclic) bond motifs is 3. The third kappa shape index (κ3) is 1.45. The number of hydrogen-bond donors (Lipinski definition) is 0. The highest BCUT2D eigenvalue weighted by Crippen LogP contribution is 2.38. The van der Waals surface area contributed by atoms with Crippen molar-refractivity contribution in [2.45, 2.75) is 56.4 Å². The van der Waals surface area contributed by atoms with Crippen LogP contribution in [0, 0.1) is 0 Å². The van der Waals surface area contributed by atoms with Crippen LogP contribution in [0.25, 0.3) is 0 Å². The summed E-state index contributed by atoms with van der Waals surface area (Å²) >= 11 is 0. The minimum atomic E-state index is 0.581. The van der Waals surface area contributed by atoms with E-state index in [2.05, 4.69) is 9.80 Å². The second-order valence-corrected chi connectivity index (χ2v) is 6.00. The molecule has 4 rings (SSSR count). The molecule has 4 unspecified atom stereocenters. The summed E-state index contributed by atoms with van der Waals surface area (Å²) in [5.41, 5.74) is 0. The lowest BCUT2D eigenvalue weighted by Crippen LogP contribution is -2.55. The van der Waals surface area contributed by atoms with Crippen molar-refractivity contribution in [3.05, 3.63) is 0 Å². The molecule has 4 saturated heterocycles. The quantitative estimate of drug-likeness (QED) is 0.660. The zero-order valence-electron chi connectivity index (χ0n) is 9.98. The van der Waals surface area contributed by atoms with Crippen LogP contribution in [0.15, 0.2) is 0 Å². The molecule has 4 aliphatic heterocycles. The van der Waals surface area contributed by atoms with Crippen LogP contribution < -0.4 is 0 Å². The van der Waals surface area contributed by atoms with Crippen molar-refractivity contribution >= 4 is 0 Å². The summed E-state index contributed by atoms with van der Waals surface area (Å²) in [5.74, 6) is 0. The van der Waals surface area contributed by atoms with Crippen LogP contribution >= 0.6 is 0 Å². The van der Waals surface area contributed by atoms with Gasteiger partial charge < -0.3 is 4.74 Å². The molecule has 4 heterocycles. The molecule has 3 heteroatoms. The molecule has 4 atom stereocenters. The van der Waals surface area contributed by atoms with Gasteiger partial charge >= 0.3 is 0 Å². The van der Waals surface area contributed by atoms with E-state index in [1.807, 2.05) is 0 Å². The Labute approximate surface area is 97.7 Å². The molecule has 0 N–H and O–H groups in total. The van der Waals surface area contributed by atoms with Gasteiger partial charge in [-0.2, -0.15) is 0 Å². The average molecular weight is 222 g/mol. The molecule has 2 bridgehead atoms. The summed E-state index contributed by atoms with van der Waals surface area (Å²) in [6.45, 7) is 5.26. The first-order valence-electron chi connectivity index (χ1n) is 7.04. The topological polar surface area (TPSA) is 15.7 Å². The summed E-state index contributed by atoms with van der Waals surface area (Å²) in [7, 11) is 0. The van der Waals surface area contributed by atoms with Crippen LogP contribution in [0.4, 0.5) is 0 Å². The first kappa shape index (κ1) is 9.86. The lowest BCUT2D eigenvalue weighted by molar-refractivity contribution is 0.0321. The van der Waals surface area contributed by atoms with E-state index in [-0.39, 0.29) is 0 Å². The lowest BCUT2D eigenvalue weighted by Gasteiger charge is -2.42. The van der Waals surface area contributed by atoms with Gasteiger partial charge in [0.05, 0.1) is 12.2 Å². The largest absolute Gasteiger partial charge is 0.373 e. The highest BCUT2D eigenvalue weighted by Gasteiger charge is 2.45. The van der Waals surface area contributed by atoms with Crippen LogP contribution in [-0.4, -0.2) is 60.3 Å². The van der Waals surface area contributed by atoms with Crippen molar-refractivity contribution in [2.75, 3.05) is 26.2 Å². The van der Waals surface area contributed by atoms with Crippen molar-refractivity contribution in [1.82, 2.24) is 9.80 Å². The Kier molecular flexibility index (Phi) is 2.27. The summed E-state index contributed by atoms with van der Waals surface area (Å²) in [5, 5.41) is 0. The fourth-order valence-electron chi connectivity index (χ4n) is 4.31. The molecular formula is C13H22N2O. The monoisotopic (exact) mass is 222 g/mol. The highest BCUT2D eigenvalue weighted by molar-refractivity contribution is 4.98. The van der Waals surface area contributed by atoms with Crippen LogP contribution in [0.2, 0.25) is 0 Å². The van der Waals surface area contributed by atoms with Gasteiger partial charge in [0.2, 0.25) is 0 Å². The molecule has 0 radical (unpaired) electrons. The number of rotatable bonds is 1. The van der Waals surface area contributed by atoms with Gasteiger partial charge in [0.1, 0.15) is 0 Å². The number of nitrogens with zero attached hydrogens (tertiary/aromatic N) is 2. The van der Waals surface area contributed by atoms with Crippen LogP contribution in [0.5, 0.6) is 0 Å². The second-order valence-electron chi connectivity index (χ2n) is 6.00. The van der Waals surface area contributed by atoms with Crippen molar-refractivity contribution in [3.8, 4) is 0 Å². The number of hydrogen-bond acceptors (Lipinski definition) is 3. The maximum Gasteiger partial charge on any atom is 0.0735 e.